The SMILES string of the molecule is c1ccc(CN2CC(Sc3cnc4ccccc4c3)C2)cc1. The fourth-order valence-corrected chi connectivity index (χ4v) is 4.14. The van der Waals surface area contributed by atoms with Gasteiger partial charge >= 0.3 is 0 Å². The van der Waals surface area contributed by atoms with Crippen molar-refractivity contribution < 1.29 is 0 Å². The van der Waals surface area contributed by atoms with Gasteiger partial charge in [-0.2, -0.15) is 0 Å². The molecule has 1 saturated heterocycles. The Labute approximate surface area is 135 Å². The number of pyridine rings is 1. The van der Waals surface area contributed by atoms with E-state index in [1.54, 1.807) is 0 Å². The molecule has 0 saturated carbocycles. The molecule has 2 nitrogen and oxygen atoms in total. The minimum absolute atomic E-state index is 0.687. The van der Waals surface area contributed by atoms with Crippen molar-refractivity contribution in [3.8, 4) is 0 Å². The van der Waals surface area contributed by atoms with Gasteiger partial charge in [0.05, 0.1) is 5.52 Å². The van der Waals surface area contributed by atoms with Gasteiger partial charge in [0.1, 0.15) is 0 Å². The maximum atomic E-state index is 4.54. The zero-order valence-corrected chi connectivity index (χ0v) is 13.2. The molecule has 3 aromatic rings. The predicted octanol–water partition coefficient (Wildman–Crippen LogP) is 4.21. The third kappa shape index (κ3) is 3.01. The monoisotopic (exact) mass is 306 g/mol. The van der Waals surface area contributed by atoms with Gasteiger partial charge in [0.25, 0.3) is 0 Å². The van der Waals surface area contributed by atoms with Gasteiger partial charge < -0.3 is 0 Å². The van der Waals surface area contributed by atoms with Crippen molar-refractivity contribution >= 4 is 22.7 Å². The number of rotatable bonds is 4. The fraction of sp³-hybridized carbons (Fsp3) is 0.211. The van der Waals surface area contributed by atoms with Gasteiger partial charge in [-0.25, -0.2) is 0 Å². The van der Waals surface area contributed by atoms with Crippen LogP contribution in [0, 0.1) is 0 Å². The van der Waals surface area contributed by atoms with Crippen LogP contribution in [-0.4, -0.2) is 28.2 Å². The normalized spacial score (nSPS) is 15.8. The highest BCUT2D eigenvalue weighted by Crippen LogP contribution is 2.31. The maximum absolute atomic E-state index is 4.54. The van der Waals surface area contributed by atoms with Crippen LogP contribution in [0.4, 0.5) is 0 Å². The van der Waals surface area contributed by atoms with Crippen molar-refractivity contribution in [2.24, 2.45) is 0 Å². The molecule has 0 spiro atoms. The minimum atomic E-state index is 0.687. The average molecular weight is 306 g/mol. The van der Waals surface area contributed by atoms with E-state index in [1.165, 1.54) is 15.8 Å². The summed E-state index contributed by atoms with van der Waals surface area (Å²) in [6.07, 6.45) is 2.01. The molecule has 110 valence electrons. The quantitative estimate of drug-likeness (QED) is 0.718. The van der Waals surface area contributed by atoms with Crippen molar-refractivity contribution in [1.29, 1.82) is 0 Å². The van der Waals surface area contributed by atoms with Gasteiger partial charge in [-0.1, -0.05) is 48.5 Å². The number of thioether (sulfide) groups is 1. The largest absolute Gasteiger partial charge is 0.297 e. The van der Waals surface area contributed by atoms with E-state index in [0.717, 1.165) is 25.2 Å². The molecule has 0 bridgehead atoms. The van der Waals surface area contributed by atoms with E-state index in [4.69, 9.17) is 0 Å². The molecule has 22 heavy (non-hydrogen) atoms. The average Bonchev–Trinajstić information content (AvgIpc) is 2.54. The predicted molar refractivity (Wildman–Crippen MR) is 93.1 cm³/mol. The van der Waals surface area contributed by atoms with Crippen molar-refractivity contribution in [3.05, 3.63) is 72.4 Å². The van der Waals surface area contributed by atoms with E-state index in [0.29, 0.717) is 5.25 Å². The second kappa shape index (κ2) is 6.11. The van der Waals surface area contributed by atoms with E-state index < -0.39 is 0 Å². The van der Waals surface area contributed by atoms with E-state index in [1.807, 2.05) is 24.0 Å². The summed E-state index contributed by atoms with van der Waals surface area (Å²) >= 11 is 1.96. The first kappa shape index (κ1) is 13.8. The molecular weight excluding hydrogens is 288 g/mol. The van der Waals surface area contributed by atoms with E-state index in [9.17, 15) is 0 Å². The van der Waals surface area contributed by atoms with Crippen LogP contribution in [0.15, 0.2) is 71.8 Å². The lowest BCUT2D eigenvalue weighted by molar-refractivity contribution is 0.181. The molecule has 0 radical (unpaired) electrons. The zero-order valence-electron chi connectivity index (χ0n) is 12.4. The second-order valence-corrected chi connectivity index (χ2v) is 7.16. The molecule has 0 N–H and O–H groups in total. The van der Waals surface area contributed by atoms with Crippen LogP contribution in [0.3, 0.4) is 0 Å². The molecule has 4 rings (SSSR count). The molecule has 0 atom stereocenters. The maximum Gasteiger partial charge on any atom is 0.0702 e. The van der Waals surface area contributed by atoms with Crippen molar-refractivity contribution in [2.75, 3.05) is 13.1 Å². The van der Waals surface area contributed by atoms with Crippen LogP contribution < -0.4 is 0 Å². The lowest BCUT2D eigenvalue weighted by Gasteiger charge is -2.38. The van der Waals surface area contributed by atoms with Gasteiger partial charge in [0.2, 0.25) is 0 Å². The first-order valence-electron chi connectivity index (χ1n) is 7.64. The van der Waals surface area contributed by atoms with Crippen LogP contribution in [0.1, 0.15) is 5.56 Å². The second-order valence-electron chi connectivity index (χ2n) is 5.78. The molecule has 3 heteroatoms. The Bertz CT molecular complexity index is 767. The highest BCUT2D eigenvalue weighted by Gasteiger charge is 2.27. The standard InChI is InChI=1S/C19H18N2S/c1-2-6-15(7-3-1)12-21-13-18(14-21)22-17-10-16-8-4-5-9-19(16)20-11-17/h1-11,18H,12-14H2. The fourth-order valence-electron chi connectivity index (χ4n) is 2.88. The Balaban J connectivity index is 1.35. The Morgan fingerprint density at radius 1 is 1.00 bits per heavy atom. The summed E-state index contributed by atoms with van der Waals surface area (Å²) in [5.74, 6) is 0. The lowest BCUT2D eigenvalue weighted by Crippen LogP contribution is -2.48. The highest BCUT2D eigenvalue weighted by molar-refractivity contribution is 8.00. The van der Waals surface area contributed by atoms with Gasteiger partial charge in [-0.3, -0.25) is 9.88 Å². The first-order valence-corrected chi connectivity index (χ1v) is 8.52. The molecule has 2 heterocycles. The molecule has 0 aliphatic carbocycles. The molecule has 0 unspecified atom stereocenters. The zero-order chi connectivity index (χ0) is 14.8. The molecule has 1 aliphatic heterocycles. The minimum Gasteiger partial charge on any atom is -0.297 e. The number of likely N-dealkylation sites (tertiary alicyclic amines) is 1. The summed E-state index contributed by atoms with van der Waals surface area (Å²) < 4.78 is 0. The van der Waals surface area contributed by atoms with Gasteiger partial charge in [0.15, 0.2) is 0 Å². The first-order chi connectivity index (χ1) is 10.9. The van der Waals surface area contributed by atoms with Crippen molar-refractivity contribution in [1.82, 2.24) is 9.88 Å². The topological polar surface area (TPSA) is 16.1 Å². The molecule has 1 aliphatic rings. The summed E-state index contributed by atoms with van der Waals surface area (Å²) in [4.78, 5) is 8.33. The number of benzene rings is 2. The van der Waals surface area contributed by atoms with Crippen LogP contribution in [0.2, 0.25) is 0 Å². The number of hydrogen-bond donors (Lipinski definition) is 0. The Kier molecular flexibility index (Phi) is 3.83. The van der Waals surface area contributed by atoms with Crippen LogP contribution in [0.5, 0.6) is 0 Å². The third-order valence-electron chi connectivity index (χ3n) is 4.04. The summed E-state index contributed by atoms with van der Waals surface area (Å²) in [5.41, 5.74) is 2.48. The number of hydrogen-bond acceptors (Lipinski definition) is 3. The molecular formula is C19H18N2S. The van der Waals surface area contributed by atoms with Crippen LogP contribution >= 0.6 is 11.8 Å². The van der Waals surface area contributed by atoms with Crippen molar-refractivity contribution in [3.63, 3.8) is 0 Å². The van der Waals surface area contributed by atoms with Crippen LogP contribution in [0.25, 0.3) is 10.9 Å². The number of aromatic nitrogens is 1. The summed E-state index contributed by atoms with van der Waals surface area (Å²) in [5, 5.41) is 1.92. The smallest absolute Gasteiger partial charge is 0.0702 e. The van der Waals surface area contributed by atoms with E-state index >= 15 is 0 Å². The van der Waals surface area contributed by atoms with Gasteiger partial charge in [0, 0.05) is 41.4 Å². The Hall–Kier alpha value is -1.84. The Morgan fingerprint density at radius 2 is 1.77 bits per heavy atom. The third-order valence-corrected chi connectivity index (χ3v) is 5.17. The summed E-state index contributed by atoms with van der Waals surface area (Å²) in [7, 11) is 0. The lowest BCUT2D eigenvalue weighted by atomic mass is 10.1. The summed E-state index contributed by atoms with van der Waals surface area (Å²) in [6, 6.07) is 21.3. The van der Waals surface area contributed by atoms with Crippen molar-refractivity contribution in [2.45, 2.75) is 16.7 Å². The number of nitrogens with zero attached hydrogens (tertiary/aromatic N) is 2. The van der Waals surface area contributed by atoms with E-state index in [-0.39, 0.29) is 0 Å². The summed E-state index contributed by atoms with van der Waals surface area (Å²) in [6.45, 7) is 3.38. The van der Waals surface area contributed by atoms with Gasteiger partial charge in [-0.15, -0.1) is 11.8 Å². The van der Waals surface area contributed by atoms with E-state index in [2.05, 4.69) is 64.5 Å². The molecule has 0 amide bonds. The van der Waals surface area contributed by atoms with Gasteiger partial charge in [-0.05, 0) is 17.7 Å². The molecule has 1 aromatic heterocycles. The number of fused-ring (bicyclic) bond motifs is 1. The van der Waals surface area contributed by atoms with Crippen LogP contribution in [-0.2, 0) is 6.54 Å². The number of para-hydroxylation sites is 1. The highest BCUT2D eigenvalue weighted by atomic mass is 32.2. The molecule has 2 aromatic carbocycles. The Morgan fingerprint density at radius 3 is 2.64 bits per heavy atom. The molecule has 1 fully saturated rings.